The number of aromatic nitrogens is 3. The van der Waals surface area contributed by atoms with Crippen LogP contribution in [0.3, 0.4) is 0 Å². The third-order valence-corrected chi connectivity index (χ3v) is 3.99. The molecule has 0 saturated heterocycles. The topological polar surface area (TPSA) is 50.7 Å². The first kappa shape index (κ1) is 10.6. The molecule has 3 rings (SSSR count). The van der Waals surface area contributed by atoms with Crippen molar-refractivity contribution < 1.29 is 0 Å². The highest BCUT2D eigenvalue weighted by molar-refractivity contribution is 7.17. The van der Waals surface area contributed by atoms with E-state index in [9.17, 15) is 0 Å². The van der Waals surface area contributed by atoms with E-state index in [-0.39, 0.29) is 6.04 Å². The van der Waals surface area contributed by atoms with Gasteiger partial charge in [0.2, 0.25) is 0 Å². The van der Waals surface area contributed by atoms with Crippen LogP contribution in [0.4, 0.5) is 5.00 Å². The maximum atomic E-state index is 4.43. The highest BCUT2D eigenvalue weighted by atomic mass is 32.1. The van der Waals surface area contributed by atoms with Crippen molar-refractivity contribution in [3.63, 3.8) is 0 Å². The van der Waals surface area contributed by atoms with Gasteiger partial charge in [-0.1, -0.05) is 4.49 Å². The second-order valence-electron chi connectivity index (χ2n) is 3.72. The Morgan fingerprint density at radius 1 is 1.35 bits per heavy atom. The molecule has 0 aromatic carbocycles. The third-order valence-electron chi connectivity index (χ3n) is 2.54. The van der Waals surface area contributed by atoms with E-state index in [0.29, 0.717) is 0 Å². The molecule has 6 heteroatoms. The van der Waals surface area contributed by atoms with Crippen molar-refractivity contribution in [2.75, 3.05) is 5.32 Å². The van der Waals surface area contributed by atoms with Crippen LogP contribution >= 0.6 is 22.9 Å². The van der Waals surface area contributed by atoms with Crippen LogP contribution in [0.1, 0.15) is 18.5 Å². The van der Waals surface area contributed by atoms with E-state index in [0.717, 1.165) is 10.5 Å². The molecule has 0 aliphatic rings. The second-order valence-corrected chi connectivity index (χ2v) is 5.45. The van der Waals surface area contributed by atoms with Crippen molar-refractivity contribution in [2.24, 2.45) is 0 Å². The van der Waals surface area contributed by atoms with Crippen molar-refractivity contribution in [3.05, 3.63) is 35.5 Å². The summed E-state index contributed by atoms with van der Waals surface area (Å²) in [5.41, 5.74) is 2.23. The van der Waals surface area contributed by atoms with Crippen molar-refractivity contribution in [3.8, 4) is 0 Å². The normalized spacial score (nSPS) is 12.8. The minimum Gasteiger partial charge on any atom is -0.368 e. The van der Waals surface area contributed by atoms with Crippen molar-refractivity contribution >= 4 is 38.1 Å². The number of rotatable bonds is 3. The van der Waals surface area contributed by atoms with Crippen LogP contribution < -0.4 is 5.32 Å². The number of pyridine rings is 1. The fourth-order valence-corrected chi connectivity index (χ4v) is 2.92. The van der Waals surface area contributed by atoms with Gasteiger partial charge in [-0.25, -0.2) is 0 Å². The van der Waals surface area contributed by atoms with Gasteiger partial charge in [0.05, 0.1) is 22.5 Å². The molecular weight excluding hydrogens is 252 g/mol. The fourth-order valence-electron chi connectivity index (χ4n) is 1.63. The zero-order valence-corrected chi connectivity index (χ0v) is 10.8. The number of thiophene rings is 1. The monoisotopic (exact) mass is 262 g/mol. The van der Waals surface area contributed by atoms with Crippen LogP contribution in [0.25, 0.3) is 10.2 Å². The average Bonchev–Trinajstić information content (AvgIpc) is 2.97. The Hall–Kier alpha value is -1.53. The Morgan fingerprint density at radius 3 is 3.12 bits per heavy atom. The van der Waals surface area contributed by atoms with Gasteiger partial charge in [-0.3, -0.25) is 4.98 Å². The van der Waals surface area contributed by atoms with E-state index in [1.165, 1.54) is 21.8 Å². The summed E-state index contributed by atoms with van der Waals surface area (Å²) >= 11 is 3.08. The maximum absolute atomic E-state index is 4.43. The Morgan fingerprint density at radius 2 is 2.29 bits per heavy atom. The number of anilines is 1. The van der Waals surface area contributed by atoms with Gasteiger partial charge in [0, 0.05) is 17.7 Å². The van der Waals surface area contributed by atoms with Crippen LogP contribution in [-0.4, -0.2) is 14.6 Å². The molecule has 0 aliphatic carbocycles. The summed E-state index contributed by atoms with van der Waals surface area (Å²) in [5.74, 6) is 0. The quantitative estimate of drug-likeness (QED) is 0.786. The molecule has 0 aliphatic heterocycles. The van der Waals surface area contributed by atoms with E-state index in [2.05, 4.69) is 38.3 Å². The predicted molar refractivity (Wildman–Crippen MR) is 71.6 cm³/mol. The van der Waals surface area contributed by atoms with Gasteiger partial charge in [0.1, 0.15) is 5.00 Å². The molecule has 3 aromatic rings. The molecule has 3 aromatic heterocycles. The van der Waals surface area contributed by atoms with Crippen LogP contribution in [0.2, 0.25) is 0 Å². The molecule has 1 N–H and O–H groups in total. The van der Waals surface area contributed by atoms with E-state index >= 15 is 0 Å². The molecule has 0 amide bonds. The summed E-state index contributed by atoms with van der Waals surface area (Å²) in [5, 5.41) is 10.2. The molecule has 0 bridgehead atoms. The van der Waals surface area contributed by atoms with Gasteiger partial charge in [0.25, 0.3) is 0 Å². The summed E-state index contributed by atoms with van der Waals surface area (Å²) in [7, 11) is 0. The number of nitrogens with one attached hydrogen (secondary N) is 1. The summed E-state index contributed by atoms with van der Waals surface area (Å²) in [6, 6.07) is 4.42. The first-order valence-electron chi connectivity index (χ1n) is 5.20. The van der Waals surface area contributed by atoms with Gasteiger partial charge in [-0.2, -0.15) is 0 Å². The molecule has 0 saturated carbocycles. The van der Waals surface area contributed by atoms with E-state index < -0.39 is 0 Å². The number of hydrogen-bond donors (Lipinski definition) is 1. The van der Waals surface area contributed by atoms with E-state index in [1.807, 2.05) is 12.3 Å². The molecule has 3 heterocycles. The lowest BCUT2D eigenvalue weighted by Crippen LogP contribution is -2.05. The fraction of sp³-hybridized carbons (Fsp3) is 0.182. The Kier molecular flexibility index (Phi) is 2.74. The summed E-state index contributed by atoms with van der Waals surface area (Å²) in [6.07, 6.45) is 3.65. The first-order chi connectivity index (χ1) is 8.33. The smallest absolute Gasteiger partial charge is 0.130 e. The minimum absolute atomic E-state index is 0.205. The van der Waals surface area contributed by atoms with Crippen LogP contribution in [-0.2, 0) is 0 Å². The van der Waals surface area contributed by atoms with Crippen LogP contribution in [0.15, 0.2) is 29.9 Å². The van der Waals surface area contributed by atoms with Crippen LogP contribution in [0.5, 0.6) is 0 Å². The zero-order chi connectivity index (χ0) is 11.7. The lowest BCUT2D eigenvalue weighted by molar-refractivity contribution is 0.884. The van der Waals surface area contributed by atoms with Gasteiger partial charge in [-0.05, 0) is 30.0 Å². The van der Waals surface area contributed by atoms with E-state index in [1.54, 1.807) is 17.5 Å². The maximum Gasteiger partial charge on any atom is 0.130 e. The molecule has 4 nitrogen and oxygen atoms in total. The minimum atomic E-state index is 0.205. The molecular formula is C11H10N4S2. The van der Waals surface area contributed by atoms with Gasteiger partial charge in [0.15, 0.2) is 0 Å². The Bertz CT molecular complexity index is 617. The van der Waals surface area contributed by atoms with E-state index in [4.69, 9.17) is 0 Å². The second kappa shape index (κ2) is 4.38. The molecule has 17 heavy (non-hydrogen) atoms. The molecule has 0 fully saturated rings. The zero-order valence-electron chi connectivity index (χ0n) is 9.12. The SMILES string of the molecule is CC(Nc1cnns1)c1cnc2ccsc2c1. The first-order valence-corrected chi connectivity index (χ1v) is 6.85. The summed E-state index contributed by atoms with van der Waals surface area (Å²) < 4.78 is 5.05. The van der Waals surface area contributed by atoms with Gasteiger partial charge in [-0.15, -0.1) is 16.4 Å². The number of nitrogens with zero attached hydrogens (tertiary/aromatic N) is 3. The Balaban J connectivity index is 1.87. The van der Waals surface area contributed by atoms with Crippen molar-refractivity contribution in [2.45, 2.75) is 13.0 Å². The summed E-state index contributed by atoms with van der Waals surface area (Å²) in [6.45, 7) is 2.11. The Labute approximate surface area is 106 Å². The van der Waals surface area contributed by atoms with Crippen LogP contribution in [0, 0.1) is 0 Å². The largest absolute Gasteiger partial charge is 0.368 e. The number of hydrogen-bond acceptors (Lipinski definition) is 6. The molecule has 0 radical (unpaired) electrons. The standard InChI is InChI=1S/C11H10N4S2/c1-7(14-11-6-13-15-17-11)8-4-10-9(12-5-8)2-3-16-10/h2-7,14H,1H3. The highest BCUT2D eigenvalue weighted by Gasteiger charge is 2.08. The highest BCUT2D eigenvalue weighted by Crippen LogP contribution is 2.25. The summed E-state index contributed by atoms with van der Waals surface area (Å²) in [4.78, 5) is 4.43. The average molecular weight is 262 g/mol. The van der Waals surface area contributed by atoms with Gasteiger partial charge >= 0.3 is 0 Å². The lowest BCUT2D eigenvalue weighted by Gasteiger charge is -2.12. The number of fused-ring (bicyclic) bond motifs is 1. The molecule has 86 valence electrons. The van der Waals surface area contributed by atoms with Gasteiger partial charge < -0.3 is 5.32 Å². The molecule has 1 atom stereocenters. The lowest BCUT2D eigenvalue weighted by atomic mass is 10.1. The third kappa shape index (κ3) is 2.13. The predicted octanol–water partition coefficient (Wildman–Crippen LogP) is 3.32. The van der Waals surface area contributed by atoms with Crippen molar-refractivity contribution in [1.82, 2.24) is 14.6 Å². The molecule has 1 unspecified atom stereocenters. The van der Waals surface area contributed by atoms with Crippen molar-refractivity contribution in [1.29, 1.82) is 0 Å². The molecule has 0 spiro atoms.